The third-order valence-corrected chi connectivity index (χ3v) is 4.18. The van der Waals surface area contributed by atoms with Crippen molar-refractivity contribution in [3.63, 3.8) is 0 Å². The molecule has 0 radical (unpaired) electrons. The van der Waals surface area contributed by atoms with E-state index in [0.29, 0.717) is 18.9 Å². The molecule has 0 spiro atoms. The zero-order chi connectivity index (χ0) is 15.2. The first kappa shape index (κ1) is 14.6. The van der Waals surface area contributed by atoms with Crippen molar-refractivity contribution >= 4 is 6.03 Å². The van der Waals surface area contributed by atoms with Gasteiger partial charge in [-0.3, -0.25) is 0 Å². The zero-order valence-electron chi connectivity index (χ0n) is 12.5. The summed E-state index contributed by atoms with van der Waals surface area (Å²) in [6.45, 7) is 2.22. The fraction of sp³-hybridized carbons (Fsp3) is 0.438. The standard InChI is InChI=1S/C16H21N5O/c22-16(17-9-6-15-12-18-20-19-15)21-10-7-14(8-11-21)13-4-2-1-3-5-13/h1-5,12,14H,6-11H2,(H,17,22)(H,18,19,20). The lowest BCUT2D eigenvalue weighted by atomic mass is 9.90. The number of amides is 2. The van der Waals surface area contributed by atoms with Gasteiger partial charge in [-0.15, -0.1) is 0 Å². The number of nitrogens with zero attached hydrogens (tertiary/aromatic N) is 3. The zero-order valence-corrected chi connectivity index (χ0v) is 12.5. The number of hydrogen-bond donors (Lipinski definition) is 2. The first-order chi connectivity index (χ1) is 10.8. The molecular formula is C16H21N5O. The second kappa shape index (κ2) is 7.06. The number of carbonyl (C=O) groups excluding carboxylic acids is 1. The summed E-state index contributed by atoms with van der Waals surface area (Å²) in [7, 11) is 0. The first-order valence-electron chi connectivity index (χ1n) is 7.75. The van der Waals surface area contributed by atoms with Crippen LogP contribution in [0.15, 0.2) is 36.5 Å². The smallest absolute Gasteiger partial charge is 0.317 e. The number of hydrogen-bond acceptors (Lipinski definition) is 3. The van der Waals surface area contributed by atoms with Gasteiger partial charge in [-0.05, 0) is 24.3 Å². The third kappa shape index (κ3) is 3.63. The van der Waals surface area contributed by atoms with Crippen LogP contribution in [-0.4, -0.2) is 46.0 Å². The molecule has 2 N–H and O–H groups in total. The van der Waals surface area contributed by atoms with E-state index in [9.17, 15) is 4.79 Å². The monoisotopic (exact) mass is 299 g/mol. The molecule has 6 heteroatoms. The highest BCUT2D eigenvalue weighted by Gasteiger charge is 2.23. The van der Waals surface area contributed by atoms with Crippen LogP contribution in [0.2, 0.25) is 0 Å². The van der Waals surface area contributed by atoms with Gasteiger partial charge < -0.3 is 10.2 Å². The SMILES string of the molecule is O=C(NCCc1cn[nH]n1)N1CCC(c2ccccc2)CC1. The van der Waals surface area contributed by atoms with Crippen LogP contribution < -0.4 is 5.32 Å². The fourth-order valence-corrected chi connectivity index (χ4v) is 2.90. The number of urea groups is 1. The van der Waals surface area contributed by atoms with E-state index in [2.05, 4.69) is 45.0 Å². The molecule has 2 amide bonds. The molecule has 1 aliphatic rings. The van der Waals surface area contributed by atoms with Crippen molar-refractivity contribution in [2.24, 2.45) is 0 Å². The Kier molecular flexibility index (Phi) is 4.68. The Labute approximate surface area is 129 Å². The van der Waals surface area contributed by atoms with Gasteiger partial charge >= 0.3 is 6.03 Å². The van der Waals surface area contributed by atoms with E-state index in [1.807, 2.05) is 11.0 Å². The van der Waals surface area contributed by atoms with Crippen LogP contribution in [0.3, 0.4) is 0 Å². The Morgan fingerprint density at radius 2 is 2.05 bits per heavy atom. The van der Waals surface area contributed by atoms with Crippen LogP contribution in [0.1, 0.15) is 30.0 Å². The molecule has 0 atom stereocenters. The van der Waals surface area contributed by atoms with Gasteiger partial charge in [0.2, 0.25) is 0 Å². The highest BCUT2D eigenvalue weighted by molar-refractivity contribution is 5.74. The van der Waals surface area contributed by atoms with Crippen molar-refractivity contribution < 1.29 is 4.79 Å². The quantitative estimate of drug-likeness (QED) is 0.906. The number of carbonyl (C=O) groups is 1. The number of aromatic amines is 1. The molecule has 0 aliphatic carbocycles. The lowest BCUT2D eigenvalue weighted by Crippen LogP contribution is -2.44. The highest BCUT2D eigenvalue weighted by atomic mass is 16.2. The second-order valence-corrected chi connectivity index (χ2v) is 5.62. The maximum absolute atomic E-state index is 12.1. The van der Waals surface area contributed by atoms with Gasteiger partial charge in [0.15, 0.2) is 0 Å². The Hall–Kier alpha value is -2.37. The Morgan fingerprint density at radius 3 is 2.73 bits per heavy atom. The molecule has 1 aromatic carbocycles. The van der Waals surface area contributed by atoms with Crippen LogP contribution in [0, 0.1) is 0 Å². The molecule has 1 aliphatic heterocycles. The van der Waals surface area contributed by atoms with Crippen molar-refractivity contribution in [2.45, 2.75) is 25.2 Å². The molecule has 3 rings (SSSR count). The van der Waals surface area contributed by atoms with Crippen molar-refractivity contribution in [2.75, 3.05) is 19.6 Å². The summed E-state index contributed by atoms with van der Waals surface area (Å²) in [6, 6.07) is 10.6. The third-order valence-electron chi connectivity index (χ3n) is 4.18. The van der Waals surface area contributed by atoms with Crippen LogP contribution in [0.4, 0.5) is 4.79 Å². The molecule has 1 fully saturated rings. The largest absolute Gasteiger partial charge is 0.338 e. The summed E-state index contributed by atoms with van der Waals surface area (Å²) in [4.78, 5) is 14.0. The van der Waals surface area contributed by atoms with Gasteiger partial charge in [0.1, 0.15) is 0 Å². The van der Waals surface area contributed by atoms with Crippen molar-refractivity contribution in [3.05, 3.63) is 47.8 Å². The number of likely N-dealkylation sites (tertiary alicyclic amines) is 1. The molecular weight excluding hydrogens is 278 g/mol. The fourth-order valence-electron chi connectivity index (χ4n) is 2.90. The minimum atomic E-state index is 0.0232. The maximum Gasteiger partial charge on any atom is 0.317 e. The van der Waals surface area contributed by atoms with Crippen LogP contribution in [-0.2, 0) is 6.42 Å². The molecule has 0 saturated carbocycles. The number of nitrogens with one attached hydrogen (secondary N) is 2. The molecule has 6 nitrogen and oxygen atoms in total. The second-order valence-electron chi connectivity index (χ2n) is 5.62. The summed E-state index contributed by atoms with van der Waals surface area (Å²) in [6.07, 6.45) is 4.43. The average Bonchev–Trinajstić information content (AvgIpc) is 3.09. The van der Waals surface area contributed by atoms with Crippen molar-refractivity contribution in [1.82, 2.24) is 25.6 Å². The van der Waals surface area contributed by atoms with Gasteiger partial charge in [0, 0.05) is 26.1 Å². The summed E-state index contributed by atoms with van der Waals surface area (Å²) >= 11 is 0. The Morgan fingerprint density at radius 1 is 1.27 bits per heavy atom. The van der Waals surface area contributed by atoms with Crippen molar-refractivity contribution in [1.29, 1.82) is 0 Å². The van der Waals surface area contributed by atoms with E-state index in [1.54, 1.807) is 6.20 Å². The average molecular weight is 299 g/mol. The summed E-state index contributed by atoms with van der Waals surface area (Å²) < 4.78 is 0. The van der Waals surface area contributed by atoms with Gasteiger partial charge in [-0.25, -0.2) is 4.79 Å². The normalized spacial score (nSPS) is 15.7. The minimum Gasteiger partial charge on any atom is -0.338 e. The maximum atomic E-state index is 12.1. The molecule has 116 valence electrons. The number of piperidine rings is 1. The summed E-state index contributed by atoms with van der Waals surface area (Å²) in [5.74, 6) is 0.570. The molecule has 2 heterocycles. The number of benzene rings is 1. The Bertz CT molecular complexity index is 576. The predicted molar refractivity (Wildman–Crippen MR) is 83.5 cm³/mol. The van der Waals surface area contributed by atoms with Crippen molar-refractivity contribution in [3.8, 4) is 0 Å². The number of H-pyrrole nitrogens is 1. The van der Waals surface area contributed by atoms with Gasteiger partial charge in [0.05, 0.1) is 11.9 Å². The van der Waals surface area contributed by atoms with Crippen LogP contribution in [0.25, 0.3) is 0 Å². The predicted octanol–water partition coefficient (Wildman–Crippen LogP) is 1.94. The molecule has 0 bridgehead atoms. The molecule has 2 aromatic rings. The van der Waals surface area contributed by atoms with Gasteiger partial charge in [-0.2, -0.15) is 15.4 Å². The van der Waals surface area contributed by atoms with Crippen LogP contribution in [0.5, 0.6) is 0 Å². The van der Waals surface area contributed by atoms with E-state index in [0.717, 1.165) is 31.6 Å². The molecule has 22 heavy (non-hydrogen) atoms. The van der Waals surface area contributed by atoms with E-state index >= 15 is 0 Å². The van der Waals surface area contributed by atoms with Crippen LogP contribution >= 0.6 is 0 Å². The summed E-state index contributed by atoms with van der Waals surface area (Å²) in [5.41, 5.74) is 2.25. The van der Waals surface area contributed by atoms with Gasteiger partial charge in [-0.1, -0.05) is 30.3 Å². The number of rotatable bonds is 4. The number of aromatic nitrogens is 3. The lowest BCUT2D eigenvalue weighted by Gasteiger charge is -2.32. The Balaban J connectivity index is 1.42. The van der Waals surface area contributed by atoms with Gasteiger partial charge in [0.25, 0.3) is 0 Å². The lowest BCUT2D eigenvalue weighted by molar-refractivity contribution is 0.181. The van der Waals surface area contributed by atoms with E-state index in [1.165, 1.54) is 5.56 Å². The summed E-state index contributed by atoms with van der Waals surface area (Å²) in [5, 5.41) is 13.2. The van der Waals surface area contributed by atoms with E-state index < -0.39 is 0 Å². The van der Waals surface area contributed by atoms with E-state index in [4.69, 9.17) is 0 Å². The topological polar surface area (TPSA) is 73.9 Å². The first-order valence-corrected chi connectivity index (χ1v) is 7.75. The van der Waals surface area contributed by atoms with E-state index in [-0.39, 0.29) is 6.03 Å². The molecule has 1 saturated heterocycles. The molecule has 0 unspecified atom stereocenters. The highest BCUT2D eigenvalue weighted by Crippen LogP contribution is 2.27. The minimum absolute atomic E-state index is 0.0232. The molecule has 1 aromatic heterocycles.